The number of aromatic nitrogens is 4. The van der Waals surface area contributed by atoms with Gasteiger partial charge in [-0.1, -0.05) is 42.2 Å². The Kier molecular flexibility index (Phi) is 5.67. The molecule has 1 aromatic carbocycles. The van der Waals surface area contributed by atoms with Crippen LogP contribution in [0.25, 0.3) is 17.0 Å². The number of hydrogen-bond acceptors (Lipinski definition) is 7. The molecule has 0 saturated carbocycles. The second kappa shape index (κ2) is 8.76. The monoisotopic (exact) mass is 448 g/mol. The molecule has 3 aromatic heterocycles. The molecule has 1 saturated heterocycles. The zero-order valence-electron chi connectivity index (χ0n) is 18.0. The van der Waals surface area contributed by atoms with Gasteiger partial charge in [0.05, 0.1) is 12.1 Å². The number of benzene rings is 1. The fourth-order valence-corrected chi connectivity index (χ4v) is 4.63. The van der Waals surface area contributed by atoms with E-state index in [9.17, 15) is 4.79 Å². The summed E-state index contributed by atoms with van der Waals surface area (Å²) in [4.78, 5) is 21.8. The summed E-state index contributed by atoms with van der Waals surface area (Å²) in [6.45, 7) is 6.00. The quantitative estimate of drug-likeness (QED) is 0.419. The third-order valence-corrected chi connectivity index (χ3v) is 6.76. The molecule has 1 N–H and O–H groups in total. The van der Waals surface area contributed by atoms with Gasteiger partial charge in [0.25, 0.3) is 5.91 Å². The topological polar surface area (TPSA) is 88.6 Å². The van der Waals surface area contributed by atoms with Crippen LogP contribution in [0, 0.1) is 6.92 Å². The molecule has 0 bridgehead atoms. The molecule has 0 unspecified atom stereocenters. The Bertz CT molecular complexity index is 1260. The van der Waals surface area contributed by atoms with Gasteiger partial charge in [-0.05, 0) is 37.1 Å². The van der Waals surface area contributed by atoms with Crippen molar-refractivity contribution in [2.24, 2.45) is 0 Å². The van der Waals surface area contributed by atoms with E-state index >= 15 is 0 Å². The van der Waals surface area contributed by atoms with Crippen LogP contribution < -0.4 is 5.32 Å². The average molecular weight is 449 g/mol. The first kappa shape index (κ1) is 20.7. The summed E-state index contributed by atoms with van der Waals surface area (Å²) in [5.41, 5.74) is 3.65. The first-order valence-electron chi connectivity index (χ1n) is 10.7. The molecule has 4 heterocycles. The number of nitrogens with one attached hydrogen (secondary N) is 1. The average Bonchev–Trinajstić information content (AvgIpc) is 3.42. The number of fused-ring (bicyclic) bond motifs is 1. The third-order valence-electron chi connectivity index (χ3n) is 5.51. The minimum absolute atomic E-state index is 0.225. The molecule has 4 aromatic rings. The van der Waals surface area contributed by atoms with E-state index in [-0.39, 0.29) is 11.8 Å². The van der Waals surface area contributed by atoms with E-state index in [0.717, 1.165) is 35.6 Å². The van der Waals surface area contributed by atoms with E-state index in [1.54, 1.807) is 10.6 Å². The van der Waals surface area contributed by atoms with E-state index in [1.165, 1.54) is 6.42 Å². The summed E-state index contributed by atoms with van der Waals surface area (Å²) in [6.07, 6.45) is 4.57. The highest BCUT2D eigenvalue weighted by Gasteiger charge is 2.33. The second-order valence-corrected chi connectivity index (χ2v) is 9.07. The van der Waals surface area contributed by atoms with Crippen LogP contribution >= 0.6 is 11.9 Å². The van der Waals surface area contributed by atoms with Gasteiger partial charge in [0.15, 0.2) is 0 Å². The minimum Gasteiger partial charge on any atom is -0.339 e. The van der Waals surface area contributed by atoms with E-state index in [0.29, 0.717) is 23.1 Å². The Morgan fingerprint density at radius 3 is 3.00 bits per heavy atom. The Labute approximate surface area is 190 Å². The molecule has 0 radical (unpaired) electrons. The van der Waals surface area contributed by atoms with E-state index in [2.05, 4.69) is 31.7 Å². The highest BCUT2D eigenvalue weighted by molar-refractivity contribution is 7.97. The molecule has 9 heteroatoms. The Morgan fingerprint density at radius 1 is 1.28 bits per heavy atom. The summed E-state index contributed by atoms with van der Waals surface area (Å²) in [5, 5.41) is 7.18. The Hall–Kier alpha value is -3.17. The molecule has 0 aliphatic carbocycles. The lowest BCUT2D eigenvalue weighted by molar-refractivity contribution is 0.102. The van der Waals surface area contributed by atoms with Gasteiger partial charge in [-0.3, -0.25) is 9.20 Å². The molecule has 1 aliphatic rings. The molecular formula is C23H24N6O2S. The first-order chi connectivity index (χ1) is 15.6. The van der Waals surface area contributed by atoms with Crippen molar-refractivity contribution in [3.63, 3.8) is 0 Å². The van der Waals surface area contributed by atoms with Gasteiger partial charge in [-0.2, -0.15) is 4.98 Å². The molecule has 32 heavy (non-hydrogen) atoms. The molecule has 1 aliphatic heterocycles. The third kappa shape index (κ3) is 4.01. The normalized spacial score (nSPS) is 14.6. The van der Waals surface area contributed by atoms with Crippen LogP contribution in [0.3, 0.4) is 0 Å². The molecule has 5 rings (SSSR count). The fraction of sp³-hybridized carbons (Fsp3) is 0.304. The predicted octanol–water partition coefficient (Wildman–Crippen LogP) is 4.40. The van der Waals surface area contributed by atoms with Crippen molar-refractivity contribution >= 4 is 29.2 Å². The maximum atomic E-state index is 12.9. The summed E-state index contributed by atoms with van der Waals surface area (Å²) in [6, 6.07) is 11.4. The van der Waals surface area contributed by atoms with Gasteiger partial charge >= 0.3 is 0 Å². The van der Waals surface area contributed by atoms with Crippen LogP contribution in [0.2, 0.25) is 0 Å². The van der Waals surface area contributed by atoms with Crippen molar-refractivity contribution < 1.29 is 9.32 Å². The van der Waals surface area contributed by atoms with Gasteiger partial charge in [0, 0.05) is 36.3 Å². The van der Waals surface area contributed by atoms with Gasteiger partial charge in [0.2, 0.25) is 11.7 Å². The van der Waals surface area contributed by atoms with E-state index in [1.807, 2.05) is 61.5 Å². The smallest absolute Gasteiger partial charge is 0.274 e. The molecule has 164 valence electrons. The lowest BCUT2D eigenvalue weighted by atomic mass is 10.0. The fourth-order valence-electron chi connectivity index (χ4n) is 3.62. The zero-order chi connectivity index (χ0) is 22.1. The number of imidazole rings is 1. The maximum absolute atomic E-state index is 12.9. The number of aryl methyl sites for hydroxylation is 1. The van der Waals surface area contributed by atoms with Gasteiger partial charge in [-0.15, -0.1) is 0 Å². The number of nitrogens with zero attached hydrogens (tertiary/aromatic N) is 5. The lowest BCUT2D eigenvalue weighted by Gasteiger charge is -2.35. The van der Waals surface area contributed by atoms with Crippen LogP contribution in [0.15, 0.2) is 53.3 Å². The van der Waals surface area contributed by atoms with Gasteiger partial charge < -0.3 is 9.84 Å². The van der Waals surface area contributed by atoms with Crippen molar-refractivity contribution in [1.29, 1.82) is 0 Å². The largest absolute Gasteiger partial charge is 0.339 e. The lowest BCUT2D eigenvalue weighted by Crippen LogP contribution is -2.40. The summed E-state index contributed by atoms with van der Waals surface area (Å²) >= 11 is 1.87. The molecule has 0 spiro atoms. The Morgan fingerprint density at radius 2 is 2.16 bits per heavy atom. The highest BCUT2D eigenvalue weighted by Crippen LogP contribution is 2.33. The number of anilines is 1. The van der Waals surface area contributed by atoms with Crippen LogP contribution in [0.5, 0.6) is 0 Å². The predicted molar refractivity (Wildman–Crippen MR) is 125 cm³/mol. The van der Waals surface area contributed by atoms with E-state index in [4.69, 9.17) is 4.52 Å². The molecule has 0 atom stereocenters. The number of pyridine rings is 1. The minimum atomic E-state index is -0.225. The molecule has 8 nitrogen and oxygen atoms in total. The molecule has 1 fully saturated rings. The van der Waals surface area contributed by atoms with E-state index < -0.39 is 0 Å². The van der Waals surface area contributed by atoms with Crippen molar-refractivity contribution in [1.82, 2.24) is 23.8 Å². The second-order valence-electron chi connectivity index (χ2n) is 7.89. The number of carbonyl (C=O) groups excluding carboxylic acids is 1. The standard InChI is InChI=1S/C23H24N6O2S/c1-3-10-32-28-13-17(14-28)23-26-21(27-31-23)16-8-7-15(2)18(11-16)25-22(30)19-12-24-20-6-4-5-9-29(19)20/h4-9,11-12,17H,3,10,13-14H2,1-2H3,(H,25,30). The van der Waals surface area contributed by atoms with Crippen molar-refractivity contribution in [2.75, 3.05) is 24.2 Å². The SMILES string of the molecule is CCCSN1CC(c2nc(-c3ccc(C)c(NC(=O)c4cnc5ccccn45)c3)no2)C1. The molecule has 1 amide bonds. The highest BCUT2D eigenvalue weighted by atomic mass is 32.2. The number of amides is 1. The first-order valence-corrected chi connectivity index (χ1v) is 11.6. The van der Waals surface area contributed by atoms with Crippen molar-refractivity contribution in [3.8, 4) is 11.4 Å². The van der Waals surface area contributed by atoms with Gasteiger partial charge in [0.1, 0.15) is 11.3 Å². The number of hydrogen-bond donors (Lipinski definition) is 1. The van der Waals surface area contributed by atoms with Crippen molar-refractivity contribution in [2.45, 2.75) is 26.2 Å². The maximum Gasteiger partial charge on any atom is 0.274 e. The van der Waals surface area contributed by atoms with Crippen molar-refractivity contribution in [3.05, 3.63) is 65.9 Å². The van der Waals surface area contributed by atoms with Crippen LogP contribution in [0.1, 0.15) is 41.2 Å². The summed E-state index contributed by atoms with van der Waals surface area (Å²) in [5.74, 6) is 2.39. The zero-order valence-corrected chi connectivity index (χ0v) is 18.8. The number of carbonyl (C=O) groups is 1. The van der Waals surface area contributed by atoms with Crippen LogP contribution in [0.4, 0.5) is 5.69 Å². The van der Waals surface area contributed by atoms with Crippen LogP contribution in [-0.2, 0) is 0 Å². The summed E-state index contributed by atoms with van der Waals surface area (Å²) < 4.78 is 9.63. The van der Waals surface area contributed by atoms with Gasteiger partial charge in [-0.25, -0.2) is 9.29 Å². The summed E-state index contributed by atoms with van der Waals surface area (Å²) in [7, 11) is 0. The van der Waals surface area contributed by atoms with Crippen LogP contribution in [-0.4, -0.2) is 48.6 Å². The number of rotatable bonds is 7. The molecular weight excluding hydrogens is 424 g/mol. The Balaban J connectivity index is 1.31.